The van der Waals surface area contributed by atoms with E-state index in [2.05, 4.69) is 0 Å². The van der Waals surface area contributed by atoms with Crippen LogP contribution >= 0.6 is 0 Å². The highest BCUT2D eigenvalue weighted by molar-refractivity contribution is 5.82. The largest absolute Gasteiger partial charge is 0.377 e. The number of rotatable bonds is 20. The van der Waals surface area contributed by atoms with E-state index in [0.29, 0.717) is 64.8 Å². The van der Waals surface area contributed by atoms with E-state index in [1.54, 1.807) is 0 Å². The van der Waals surface area contributed by atoms with Gasteiger partial charge in [0.15, 0.2) is 0 Å². The molecule has 0 aromatic heterocycles. The summed E-state index contributed by atoms with van der Waals surface area (Å²) in [6, 6.07) is 0.147. The lowest BCUT2D eigenvalue weighted by atomic mass is 10.0. The van der Waals surface area contributed by atoms with Crippen molar-refractivity contribution in [3.05, 3.63) is 0 Å². The van der Waals surface area contributed by atoms with Crippen LogP contribution in [0.2, 0.25) is 0 Å². The summed E-state index contributed by atoms with van der Waals surface area (Å²) < 4.78 is 23.3. The first-order valence-electron chi connectivity index (χ1n) is 18.6. The van der Waals surface area contributed by atoms with E-state index in [4.69, 9.17) is 18.9 Å². The highest BCUT2D eigenvalue weighted by Crippen LogP contribution is 2.25. The molecule has 0 radical (unpaired) electrons. The lowest BCUT2D eigenvalue weighted by Crippen LogP contribution is -2.39. The number of Topliss-reactive ketones (excluding diaryl/α,β-unsaturated/α-hetero) is 2. The standard InChI is InChI=1S/2C19H35NO4/c2*1-13(2)18(21)8-7-9-19(22)20-11-17(24-15(5)6)10-16(20)12-23-14(3)4/h2*13-17H,7-12H2,1-6H3/t16-,17+;/m0./s1. The van der Waals surface area contributed by atoms with Crippen LogP contribution in [0.3, 0.4) is 0 Å². The van der Waals surface area contributed by atoms with Crippen molar-refractivity contribution in [2.24, 2.45) is 11.8 Å². The van der Waals surface area contributed by atoms with Crippen molar-refractivity contribution in [3.8, 4) is 0 Å². The van der Waals surface area contributed by atoms with Gasteiger partial charge in [0.2, 0.25) is 11.8 Å². The zero-order valence-corrected chi connectivity index (χ0v) is 32.4. The summed E-state index contributed by atoms with van der Waals surface area (Å²) in [4.78, 5) is 52.4. The quantitative estimate of drug-likeness (QED) is 0.145. The predicted molar refractivity (Wildman–Crippen MR) is 190 cm³/mol. The van der Waals surface area contributed by atoms with Crippen LogP contribution in [0.1, 0.15) is 134 Å². The summed E-state index contributed by atoms with van der Waals surface area (Å²) in [5.74, 6) is 0.762. The second kappa shape index (κ2) is 22.8. The Morgan fingerprint density at radius 3 is 1.12 bits per heavy atom. The molecule has 0 bridgehead atoms. The zero-order valence-electron chi connectivity index (χ0n) is 32.4. The van der Waals surface area contributed by atoms with Gasteiger partial charge in [0.05, 0.1) is 61.9 Å². The average Bonchev–Trinajstić information content (AvgIpc) is 3.57. The molecule has 2 saturated heterocycles. The van der Waals surface area contributed by atoms with Crippen molar-refractivity contribution in [1.29, 1.82) is 0 Å². The Hall–Kier alpha value is -1.88. The highest BCUT2D eigenvalue weighted by Gasteiger charge is 2.37. The monoisotopic (exact) mass is 683 g/mol. The van der Waals surface area contributed by atoms with Gasteiger partial charge < -0.3 is 28.7 Å². The first-order chi connectivity index (χ1) is 22.4. The lowest BCUT2D eigenvalue weighted by Gasteiger charge is -2.25. The molecule has 2 aliphatic heterocycles. The van der Waals surface area contributed by atoms with Crippen LogP contribution in [0, 0.1) is 11.8 Å². The molecule has 10 nitrogen and oxygen atoms in total. The fourth-order valence-corrected chi connectivity index (χ4v) is 5.94. The number of ketones is 2. The summed E-state index contributed by atoms with van der Waals surface area (Å²) in [6.45, 7) is 26.0. The van der Waals surface area contributed by atoms with Gasteiger partial charge in [-0.1, -0.05) is 27.7 Å². The molecule has 0 aromatic carbocycles. The molecular weight excluding hydrogens is 612 g/mol. The molecule has 2 unspecified atom stereocenters. The van der Waals surface area contributed by atoms with E-state index >= 15 is 0 Å². The number of carbonyl (C=O) groups excluding carboxylic acids is 4. The van der Waals surface area contributed by atoms with E-state index in [1.807, 2.05) is 92.9 Å². The Bertz CT molecular complexity index is 888. The lowest BCUT2D eigenvalue weighted by molar-refractivity contribution is -0.135. The fraction of sp³-hybridized carbons (Fsp3) is 0.895. The fourth-order valence-electron chi connectivity index (χ4n) is 5.94. The number of nitrogens with zero attached hydrogens (tertiary/aromatic N) is 2. The Labute approximate surface area is 292 Å². The van der Waals surface area contributed by atoms with Gasteiger partial charge in [-0.3, -0.25) is 19.2 Å². The van der Waals surface area contributed by atoms with Gasteiger partial charge in [-0.15, -0.1) is 0 Å². The maximum Gasteiger partial charge on any atom is 0.223 e. The summed E-state index contributed by atoms with van der Waals surface area (Å²) in [7, 11) is 0. The molecule has 2 amide bonds. The van der Waals surface area contributed by atoms with E-state index in [9.17, 15) is 19.2 Å². The topological polar surface area (TPSA) is 112 Å². The van der Waals surface area contributed by atoms with E-state index in [-0.39, 0.29) is 83.9 Å². The van der Waals surface area contributed by atoms with Crippen LogP contribution in [0.15, 0.2) is 0 Å². The number of likely N-dealkylation sites (tertiary alicyclic amines) is 2. The molecule has 10 heteroatoms. The molecule has 4 atom stereocenters. The minimum atomic E-state index is 0.0444. The van der Waals surface area contributed by atoms with Crippen LogP contribution in [0.25, 0.3) is 0 Å². The highest BCUT2D eigenvalue weighted by atomic mass is 16.5. The van der Waals surface area contributed by atoms with Crippen LogP contribution in [0.4, 0.5) is 0 Å². The SMILES string of the molecule is CC(C)OCC1CC(OC(C)C)CN1C(=O)CCCC(=O)C(C)C.CC(C)OC[C@@H]1C[C@@H](OC(C)C)CN1C(=O)CCCC(=O)C(C)C. The second-order valence-electron chi connectivity index (χ2n) is 15.2. The minimum absolute atomic E-state index is 0.0444. The van der Waals surface area contributed by atoms with Crippen molar-refractivity contribution < 1.29 is 38.1 Å². The third kappa shape index (κ3) is 17.7. The van der Waals surface area contributed by atoms with Gasteiger partial charge in [0, 0.05) is 50.6 Å². The Morgan fingerprint density at radius 1 is 0.521 bits per heavy atom. The van der Waals surface area contributed by atoms with E-state index in [0.717, 1.165) is 12.8 Å². The number of hydrogen-bond donors (Lipinski definition) is 0. The first kappa shape index (κ1) is 44.1. The average molecular weight is 683 g/mol. The smallest absolute Gasteiger partial charge is 0.223 e. The molecule has 0 saturated carbocycles. The normalized spacial score (nSPS) is 21.3. The summed E-state index contributed by atoms with van der Waals surface area (Å²) in [6.07, 6.45) is 5.46. The van der Waals surface area contributed by atoms with Crippen molar-refractivity contribution >= 4 is 23.4 Å². The summed E-state index contributed by atoms with van der Waals surface area (Å²) in [5.41, 5.74) is 0. The molecule has 0 spiro atoms. The molecule has 2 aliphatic rings. The molecule has 48 heavy (non-hydrogen) atoms. The van der Waals surface area contributed by atoms with Crippen molar-refractivity contribution in [3.63, 3.8) is 0 Å². The van der Waals surface area contributed by atoms with Crippen molar-refractivity contribution in [2.45, 2.75) is 183 Å². The molecule has 0 aliphatic carbocycles. The molecular formula is C38H70N2O8. The van der Waals surface area contributed by atoms with Crippen LogP contribution in [-0.4, -0.2) is 108 Å². The van der Waals surface area contributed by atoms with Crippen LogP contribution in [-0.2, 0) is 38.1 Å². The summed E-state index contributed by atoms with van der Waals surface area (Å²) in [5, 5.41) is 0. The molecule has 2 heterocycles. The number of hydrogen-bond acceptors (Lipinski definition) is 8. The van der Waals surface area contributed by atoms with Gasteiger partial charge in [-0.05, 0) is 81.1 Å². The maximum absolute atomic E-state index is 12.6. The molecule has 280 valence electrons. The summed E-state index contributed by atoms with van der Waals surface area (Å²) >= 11 is 0. The van der Waals surface area contributed by atoms with E-state index < -0.39 is 0 Å². The zero-order chi connectivity index (χ0) is 36.6. The predicted octanol–water partition coefficient (Wildman–Crippen LogP) is 6.40. The Morgan fingerprint density at radius 2 is 0.854 bits per heavy atom. The maximum atomic E-state index is 12.6. The number of amides is 2. The Balaban J connectivity index is 0.000000480. The molecule has 2 fully saturated rings. The second-order valence-corrected chi connectivity index (χ2v) is 15.2. The van der Waals surface area contributed by atoms with Gasteiger partial charge >= 0.3 is 0 Å². The van der Waals surface area contributed by atoms with E-state index in [1.165, 1.54) is 0 Å². The van der Waals surface area contributed by atoms with Gasteiger partial charge in [-0.25, -0.2) is 0 Å². The van der Waals surface area contributed by atoms with Gasteiger partial charge in [-0.2, -0.15) is 0 Å². The van der Waals surface area contributed by atoms with Crippen LogP contribution in [0.5, 0.6) is 0 Å². The Kier molecular flexibility index (Phi) is 20.9. The van der Waals surface area contributed by atoms with Crippen molar-refractivity contribution in [2.75, 3.05) is 26.3 Å². The molecule has 0 aromatic rings. The van der Waals surface area contributed by atoms with Crippen LogP contribution < -0.4 is 0 Å². The minimum Gasteiger partial charge on any atom is -0.377 e. The third-order valence-electron chi connectivity index (χ3n) is 8.48. The van der Waals surface area contributed by atoms with Crippen molar-refractivity contribution in [1.82, 2.24) is 9.80 Å². The van der Waals surface area contributed by atoms with Gasteiger partial charge in [0.25, 0.3) is 0 Å². The van der Waals surface area contributed by atoms with Gasteiger partial charge in [0.1, 0.15) is 11.6 Å². The first-order valence-corrected chi connectivity index (χ1v) is 18.6. The molecule has 2 rings (SSSR count). The molecule has 0 N–H and O–H groups in total. The number of carbonyl (C=O) groups is 4. The third-order valence-corrected chi connectivity index (χ3v) is 8.48. The number of ether oxygens (including phenoxy) is 4.